The number of rotatable bonds is 9. The molecule has 1 aliphatic rings. The number of benzene rings is 3. The van der Waals surface area contributed by atoms with E-state index in [9.17, 15) is 14.7 Å². The summed E-state index contributed by atoms with van der Waals surface area (Å²) in [6.45, 7) is 2.00. The number of carboxylic acid groups (broad SMARTS) is 1. The fraction of sp³-hybridized carbons (Fsp3) is 0.200. The normalized spacial score (nSPS) is 12.7. The average Bonchev–Trinajstić information content (AvgIpc) is 3.58. The van der Waals surface area contributed by atoms with Gasteiger partial charge in [0.05, 0.1) is 28.3 Å². The van der Waals surface area contributed by atoms with Crippen LogP contribution in [-0.4, -0.2) is 40.3 Å². The van der Waals surface area contributed by atoms with Crippen LogP contribution >= 0.6 is 22.7 Å². The summed E-state index contributed by atoms with van der Waals surface area (Å²) in [5.74, 6) is -0.137. The molecular weight excluding hydrogens is 560 g/mol. The molecule has 1 aliphatic heterocycles. The molecule has 2 aromatic heterocycles. The Labute approximate surface area is 244 Å². The molecule has 9 nitrogen and oxygen atoms in total. The van der Waals surface area contributed by atoms with Crippen LogP contribution in [0.25, 0.3) is 10.2 Å². The first-order chi connectivity index (χ1) is 20.0. The molecule has 0 saturated heterocycles. The number of para-hydroxylation sites is 1. The van der Waals surface area contributed by atoms with E-state index in [1.165, 1.54) is 22.7 Å². The van der Waals surface area contributed by atoms with Crippen LogP contribution in [-0.2, 0) is 30.7 Å². The minimum Gasteiger partial charge on any atom is -0.449 e. The number of ether oxygens (including phenoxy) is 2. The number of amides is 1. The molecule has 0 bridgehead atoms. The van der Waals surface area contributed by atoms with Crippen molar-refractivity contribution in [2.45, 2.75) is 26.0 Å². The van der Waals surface area contributed by atoms with E-state index in [1.807, 2.05) is 72.8 Å². The van der Waals surface area contributed by atoms with Gasteiger partial charge in [0.15, 0.2) is 10.3 Å². The molecule has 5 aromatic rings. The summed E-state index contributed by atoms with van der Waals surface area (Å²) in [5.41, 5.74) is 4.51. The van der Waals surface area contributed by atoms with Crippen LogP contribution in [0.15, 0.2) is 72.8 Å². The van der Waals surface area contributed by atoms with E-state index in [2.05, 4.69) is 20.2 Å². The standard InChI is InChI=1S/C30H26N4O5S2/c35-26(32-28-31-23-11-4-5-12-24(23)40-28)21-10-6-9-20-13-15-34(17-22(20)21)29-33-27(39-30(36)37)25(41-29)14-16-38-18-19-7-2-1-3-8-19/h1-12H,13-18H2,(H,36,37)(H,31,32,35). The molecule has 6 rings (SSSR count). The lowest BCUT2D eigenvalue weighted by Gasteiger charge is -2.29. The first-order valence-corrected chi connectivity index (χ1v) is 14.7. The third-order valence-electron chi connectivity index (χ3n) is 6.72. The average molecular weight is 587 g/mol. The molecule has 41 heavy (non-hydrogen) atoms. The first-order valence-electron chi connectivity index (χ1n) is 13.1. The van der Waals surface area contributed by atoms with Gasteiger partial charge in [-0.05, 0) is 41.3 Å². The van der Waals surface area contributed by atoms with Crippen LogP contribution in [0.2, 0.25) is 0 Å². The second-order valence-corrected chi connectivity index (χ2v) is 11.5. The lowest BCUT2D eigenvalue weighted by molar-refractivity contribution is 0.102. The molecule has 0 unspecified atom stereocenters. The molecule has 1 amide bonds. The zero-order chi connectivity index (χ0) is 28.2. The van der Waals surface area contributed by atoms with Gasteiger partial charge in [-0.15, -0.1) is 0 Å². The summed E-state index contributed by atoms with van der Waals surface area (Å²) in [7, 11) is 0. The van der Waals surface area contributed by atoms with E-state index in [4.69, 9.17) is 9.47 Å². The van der Waals surface area contributed by atoms with Crippen molar-refractivity contribution in [1.82, 2.24) is 9.97 Å². The van der Waals surface area contributed by atoms with Crippen LogP contribution < -0.4 is 15.0 Å². The fourth-order valence-electron chi connectivity index (χ4n) is 4.76. The molecule has 208 valence electrons. The number of anilines is 2. The minimum absolute atomic E-state index is 0.0773. The largest absolute Gasteiger partial charge is 0.512 e. The van der Waals surface area contributed by atoms with Crippen LogP contribution in [0.3, 0.4) is 0 Å². The number of thiazole rings is 2. The van der Waals surface area contributed by atoms with Crippen molar-refractivity contribution in [3.8, 4) is 5.88 Å². The number of aromatic nitrogens is 2. The van der Waals surface area contributed by atoms with E-state index in [-0.39, 0.29) is 11.8 Å². The van der Waals surface area contributed by atoms with Gasteiger partial charge >= 0.3 is 6.16 Å². The van der Waals surface area contributed by atoms with Crippen LogP contribution in [0.4, 0.5) is 15.1 Å². The smallest absolute Gasteiger partial charge is 0.449 e. The third kappa shape index (κ3) is 6.22. The Morgan fingerprint density at radius 2 is 1.80 bits per heavy atom. The molecule has 3 heterocycles. The summed E-state index contributed by atoms with van der Waals surface area (Å²) in [6, 6.07) is 23.4. The quantitative estimate of drug-likeness (QED) is 0.151. The molecule has 2 N–H and O–H groups in total. The predicted octanol–water partition coefficient (Wildman–Crippen LogP) is 6.38. The lowest BCUT2D eigenvalue weighted by Crippen LogP contribution is -2.32. The van der Waals surface area contributed by atoms with E-state index in [1.54, 1.807) is 0 Å². The van der Waals surface area contributed by atoms with Crippen LogP contribution in [0, 0.1) is 0 Å². The maximum Gasteiger partial charge on any atom is 0.512 e. The first kappa shape index (κ1) is 26.9. The monoisotopic (exact) mass is 586 g/mol. The molecule has 0 saturated carbocycles. The Morgan fingerprint density at radius 1 is 0.976 bits per heavy atom. The third-order valence-corrected chi connectivity index (χ3v) is 8.83. The number of nitrogens with zero attached hydrogens (tertiary/aromatic N) is 3. The number of carbonyl (C=O) groups is 2. The topological polar surface area (TPSA) is 114 Å². The maximum atomic E-state index is 13.4. The molecule has 0 atom stereocenters. The van der Waals surface area contributed by atoms with Crippen molar-refractivity contribution < 1.29 is 24.2 Å². The molecule has 0 spiro atoms. The number of hydrogen-bond acceptors (Lipinski definition) is 9. The summed E-state index contributed by atoms with van der Waals surface area (Å²) in [6.07, 6.45) is -0.221. The van der Waals surface area contributed by atoms with Gasteiger partial charge in [-0.1, -0.05) is 77.3 Å². The van der Waals surface area contributed by atoms with Crippen molar-refractivity contribution in [3.05, 3.63) is 99.9 Å². The van der Waals surface area contributed by atoms with Crippen molar-refractivity contribution in [2.75, 3.05) is 23.4 Å². The Bertz CT molecular complexity index is 1670. The molecule has 11 heteroatoms. The van der Waals surface area contributed by atoms with Crippen molar-refractivity contribution >= 4 is 55.2 Å². The van der Waals surface area contributed by atoms with Crippen molar-refractivity contribution in [2.24, 2.45) is 0 Å². The fourth-order valence-corrected chi connectivity index (χ4v) is 6.61. The van der Waals surface area contributed by atoms with E-state index in [0.29, 0.717) is 53.4 Å². The SMILES string of the molecule is O=C(O)Oc1nc(N2CCc3cccc(C(=O)Nc4nc5ccccc5s4)c3C2)sc1CCOCc1ccccc1. The molecule has 3 aromatic carbocycles. The highest BCUT2D eigenvalue weighted by molar-refractivity contribution is 7.22. The predicted molar refractivity (Wildman–Crippen MR) is 159 cm³/mol. The Morgan fingerprint density at radius 3 is 2.63 bits per heavy atom. The highest BCUT2D eigenvalue weighted by Gasteiger charge is 2.26. The highest BCUT2D eigenvalue weighted by Crippen LogP contribution is 2.36. The van der Waals surface area contributed by atoms with Gasteiger partial charge in [0.1, 0.15) is 0 Å². The molecular formula is C30H26N4O5S2. The van der Waals surface area contributed by atoms with Crippen molar-refractivity contribution in [1.29, 1.82) is 0 Å². The van der Waals surface area contributed by atoms with Crippen LogP contribution in [0.5, 0.6) is 5.88 Å². The summed E-state index contributed by atoms with van der Waals surface area (Å²) >= 11 is 2.82. The minimum atomic E-state index is -1.41. The number of hydrogen-bond donors (Lipinski definition) is 2. The van der Waals surface area contributed by atoms with E-state index < -0.39 is 6.16 Å². The van der Waals surface area contributed by atoms with Gasteiger partial charge in [-0.3, -0.25) is 10.1 Å². The number of fused-ring (bicyclic) bond motifs is 2. The maximum absolute atomic E-state index is 13.4. The van der Waals surface area contributed by atoms with E-state index in [0.717, 1.165) is 33.3 Å². The summed E-state index contributed by atoms with van der Waals surface area (Å²) < 4.78 is 11.8. The van der Waals surface area contributed by atoms with Gasteiger partial charge in [0, 0.05) is 25.1 Å². The van der Waals surface area contributed by atoms with Gasteiger partial charge in [0.2, 0.25) is 5.88 Å². The highest BCUT2D eigenvalue weighted by atomic mass is 32.1. The Hall–Kier alpha value is -4.32. The van der Waals surface area contributed by atoms with E-state index >= 15 is 0 Å². The lowest BCUT2D eigenvalue weighted by atomic mass is 9.94. The van der Waals surface area contributed by atoms with Gasteiger partial charge in [-0.2, -0.15) is 4.98 Å². The number of carbonyl (C=O) groups excluding carboxylic acids is 1. The van der Waals surface area contributed by atoms with Gasteiger partial charge in [-0.25, -0.2) is 9.78 Å². The second-order valence-electron chi connectivity index (χ2n) is 9.44. The zero-order valence-corrected chi connectivity index (χ0v) is 23.5. The van der Waals surface area contributed by atoms with Crippen LogP contribution in [0.1, 0.15) is 31.9 Å². The summed E-state index contributed by atoms with van der Waals surface area (Å²) in [5, 5.41) is 13.4. The second kappa shape index (κ2) is 12.0. The molecule has 0 fully saturated rings. The van der Waals surface area contributed by atoms with Crippen molar-refractivity contribution in [3.63, 3.8) is 0 Å². The zero-order valence-electron chi connectivity index (χ0n) is 21.9. The molecule has 0 radical (unpaired) electrons. The van der Waals surface area contributed by atoms with Gasteiger partial charge < -0.3 is 19.5 Å². The van der Waals surface area contributed by atoms with Gasteiger partial charge in [0.25, 0.3) is 5.91 Å². The molecule has 0 aliphatic carbocycles. The Kier molecular flexibility index (Phi) is 7.90. The number of nitrogens with one attached hydrogen (secondary N) is 1. The summed E-state index contributed by atoms with van der Waals surface area (Å²) in [4.78, 5) is 36.5. The Balaban J connectivity index is 1.17.